The molecule has 0 radical (unpaired) electrons. The largest absolute Gasteiger partial charge is 0.394 e. The van der Waals surface area contributed by atoms with E-state index in [9.17, 15) is 102 Å². The molecule has 1 unspecified atom stereocenters. The predicted octanol–water partition coefficient (Wildman–Crippen LogP) is -7.54. The number of ketones is 1. The van der Waals surface area contributed by atoms with Gasteiger partial charge in [-0.15, -0.1) is 0 Å². The number of carbonyl (C=O) groups is 1. The highest BCUT2D eigenvalue weighted by Crippen LogP contribution is 2.69. The van der Waals surface area contributed by atoms with Crippen molar-refractivity contribution in [1.82, 2.24) is 0 Å². The first kappa shape index (κ1) is 74.3. The van der Waals surface area contributed by atoms with Crippen molar-refractivity contribution in [1.29, 1.82) is 0 Å². The molecule has 10 fully saturated rings. The lowest BCUT2D eigenvalue weighted by atomic mass is 9.46. The molecular weight excluding hydrogens is 1270 g/mol. The molecule has 7 saturated heterocycles. The first-order valence-corrected chi connectivity index (χ1v) is 33.3. The molecule has 7 heterocycles. The minimum absolute atomic E-state index is 0.0435. The normalized spacial score (nSPS) is 54.4. The first-order chi connectivity index (χ1) is 44.9. The third kappa shape index (κ3) is 13.7. The molecule has 0 aromatic heterocycles. The highest BCUT2D eigenvalue weighted by atomic mass is 16.8. The van der Waals surface area contributed by atoms with Crippen molar-refractivity contribution >= 4 is 5.78 Å². The zero-order valence-electron chi connectivity index (χ0n) is 53.6. The second-order valence-corrected chi connectivity index (χ2v) is 28.9. The van der Waals surface area contributed by atoms with E-state index in [-0.39, 0.29) is 54.5 Å². The lowest BCUT2D eigenvalue weighted by molar-refractivity contribution is -0.409. The van der Waals surface area contributed by atoms with E-state index in [0.29, 0.717) is 44.9 Å². The Kier molecular flexibility index (Phi) is 23.1. The van der Waals surface area contributed by atoms with Gasteiger partial charge in [0.05, 0.1) is 58.0 Å². The van der Waals surface area contributed by atoms with Crippen LogP contribution in [0.3, 0.4) is 0 Å². The van der Waals surface area contributed by atoms with E-state index >= 15 is 0 Å². The van der Waals surface area contributed by atoms with Gasteiger partial charge in [-0.1, -0.05) is 39.3 Å². The number of hydrogen-bond donors (Lipinski definition) is 19. The lowest BCUT2D eigenvalue weighted by Crippen LogP contribution is -2.69. The van der Waals surface area contributed by atoms with Crippen LogP contribution >= 0.6 is 0 Å². The second kappa shape index (κ2) is 29.5. The number of carbonyl (C=O) groups excluding carboxylic acids is 1. The van der Waals surface area contributed by atoms with Gasteiger partial charge in [0, 0.05) is 30.1 Å². The van der Waals surface area contributed by atoms with Crippen molar-refractivity contribution in [3.05, 3.63) is 11.6 Å². The Morgan fingerprint density at radius 1 is 0.558 bits per heavy atom. The molecule has 4 aliphatic carbocycles. The highest BCUT2D eigenvalue weighted by molar-refractivity contribution is 5.87. The minimum atomic E-state index is -2.17. The summed E-state index contributed by atoms with van der Waals surface area (Å²) in [6, 6.07) is 0. The molecule has 11 aliphatic rings. The number of ether oxygens (including phenoxy) is 13. The SMILES string of the molecule is C[C@H](CCC1(O)O[C@H]2C[C@H]3[C@@H]4CC=C5C[C@@H](O[C@@H]6O[C@H](CO)[C@H](O[C@@H]7O[C@H](CO)[C@@H](O)[C@H](O[C@@H]8OC[C@@H](O)[C@H](O)[C@H]8O)[C@H]7O[C@@H]7O[C@H](CO)[C@@H](O)[C@H](O[C@@H]8O[C@@H](C)[C@H](O)[C@@H](O)[C@H]8O)[C@H]7O)[C@H](O)[C@H]6O)CC[C@]5(C)[C@H]4CC(=O)[C@]3(C)[C@H]2[C@@H]1C)CO[C@@H]1O[C@H](CO)[C@@H](O)[C@H](O)[C@H]1O. The molecule has 40 atom stereocenters. The maximum Gasteiger partial charge on any atom is 0.187 e. The van der Waals surface area contributed by atoms with Gasteiger partial charge in [0.1, 0.15) is 140 Å². The maximum atomic E-state index is 14.9. The molecule has 0 spiro atoms. The summed E-state index contributed by atoms with van der Waals surface area (Å²) in [5.41, 5.74) is -0.183. The molecule has 0 amide bonds. The van der Waals surface area contributed by atoms with Crippen LogP contribution in [0.15, 0.2) is 11.6 Å². The van der Waals surface area contributed by atoms with Crippen LogP contribution in [0.25, 0.3) is 0 Å². The topological polar surface area (TPSA) is 521 Å². The number of hydrogen-bond acceptors (Lipinski definition) is 33. The van der Waals surface area contributed by atoms with Crippen LogP contribution in [-0.4, -0.2) is 339 Å². The fourth-order valence-corrected chi connectivity index (χ4v) is 17.3. The molecule has 546 valence electrons. The van der Waals surface area contributed by atoms with Crippen LogP contribution in [0.5, 0.6) is 0 Å². The van der Waals surface area contributed by atoms with Crippen molar-refractivity contribution < 1.29 is 163 Å². The number of rotatable bonds is 20. The van der Waals surface area contributed by atoms with Crippen molar-refractivity contribution in [3.63, 3.8) is 0 Å². The zero-order chi connectivity index (χ0) is 68.8. The van der Waals surface area contributed by atoms with E-state index < -0.39 is 240 Å². The van der Waals surface area contributed by atoms with Crippen LogP contribution in [0.4, 0.5) is 0 Å². The van der Waals surface area contributed by atoms with Crippen molar-refractivity contribution in [2.24, 2.45) is 46.3 Å². The lowest BCUT2D eigenvalue weighted by Gasteiger charge is -2.57. The minimum Gasteiger partial charge on any atom is -0.394 e. The van der Waals surface area contributed by atoms with E-state index in [0.717, 1.165) is 5.57 Å². The summed E-state index contributed by atoms with van der Waals surface area (Å²) in [4.78, 5) is 14.9. The van der Waals surface area contributed by atoms with Crippen molar-refractivity contribution in [2.45, 2.75) is 282 Å². The fourth-order valence-electron chi connectivity index (χ4n) is 17.3. The Morgan fingerprint density at radius 2 is 1.11 bits per heavy atom. The van der Waals surface area contributed by atoms with Crippen LogP contribution in [0, 0.1) is 46.3 Å². The van der Waals surface area contributed by atoms with Gasteiger partial charge >= 0.3 is 0 Å². The monoisotopic (exact) mass is 1370 g/mol. The number of Topliss-reactive ketones (excluding diaryl/α,β-unsaturated/α-hetero) is 1. The Bertz CT molecular complexity index is 2590. The summed E-state index contributed by atoms with van der Waals surface area (Å²) < 4.78 is 77.7. The smallest absolute Gasteiger partial charge is 0.187 e. The number of aliphatic hydroxyl groups excluding tert-OH is 18. The molecule has 11 rings (SSSR count). The van der Waals surface area contributed by atoms with Gasteiger partial charge in [0.2, 0.25) is 0 Å². The molecule has 19 N–H and O–H groups in total. The van der Waals surface area contributed by atoms with Gasteiger partial charge in [0.15, 0.2) is 43.5 Å². The van der Waals surface area contributed by atoms with E-state index in [4.69, 9.17) is 61.6 Å². The molecule has 95 heavy (non-hydrogen) atoms. The second-order valence-electron chi connectivity index (χ2n) is 28.9. The zero-order valence-corrected chi connectivity index (χ0v) is 53.6. The summed E-state index contributed by atoms with van der Waals surface area (Å²) in [7, 11) is 0. The third-order valence-corrected chi connectivity index (χ3v) is 23.2. The van der Waals surface area contributed by atoms with Gasteiger partial charge in [-0.3, -0.25) is 4.79 Å². The van der Waals surface area contributed by atoms with E-state index in [1.807, 2.05) is 20.8 Å². The summed E-state index contributed by atoms with van der Waals surface area (Å²) in [5, 5.41) is 207. The first-order valence-electron chi connectivity index (χ1n) is 33.3. The molecule has 0 aromatic carbocycles. The van der Waals surface area contributed by atoms with Crippen LogP contribution in [0.1, 0.15) is 86.0 Å². The Balaban J connectivity index is 0.751. The van der Waals surface area contributed by atoms with E-state index in [2.05, 4.69) is 13.0 Å². The summed E-state index contributed by atoms with van der Waals surface area (Å²) in [6.07, 6.45) is -46.3. The average Bonchev–Trinajstić information content (AvgIpc) is 1.54. The van der Waals surface area contributed by atoms with Gasteiger partial charge in [-0.25, -0.2) is 0 Å². The van der Waals surface area contributed by atoms with E-state index in [1.165, 1.54) is 6.92 Å². The van der Waals surface area contributed by atoms with Crippen molar-refractivity contribution in [2.75, 3.05) is 39.6 Å². The van der Waals surface area contributed by atoms with E-state index in [1.54, 1.807) is 0 Å². The number of allylic oxidation sites excluding steroid dienone is 1. The molecule has 3 saturated carbocycles. The predicted molar refractivity (Wildman–Crippen MR) is 310 cm³/mol. The summed E-state index contributed by atoms with van der Waals surface area (Å²) in [5.74, 6) is -2.28. The molecule has 0 bridgehead atoms. The number of aliphatic hydroxyl groups is 19. The number of fused-ring (bicyclic) bond motifs is 7. The molecule has 0 aromatic rings. The Hall–Kier alpha value is -1.87. The molecule has 33 nitrogen and oxygen atoms in total. The summed E-state index contributed by atoms with van der Waals surface area (Å²) in [6.45, 7) is 5.37. The fraction of sp³-hybridized carbons (Fsp3) is 0.952. The van der Waals surface area contributed by atoms with Crippen molar-refractivity contribution in [3.8, 4) is 0 Å². The van der Waals surface area contributed by atoms with Gasteiger partial charge in [-0.05, 0) is 74.5 Å². The Morgan fingerprint density at radius 3 is 1.79 bits per heavy atom. The van der Waals surface area contributed by atoms with Gasteiger partial charge < -0.3 is 159 Å². The van der Waals surface area contributed by atoms with Crippen LogP contribution in [-0.2, 0) is 66.4 Å². The van der Waals surface area contributed by atoms with Gasteiger partial charge in [-0.2, -0.15) is 0 Å². The molecule has 7 aliphatic heterocycles. The standard InChI is InChI=1S/C62H100O33/c1-21(19-83-54-46(78)43(75)39(71)31(15-63)87-54)8-11-62(82)22(2)36-30(95-62)13-28-26-7-6-24-12-25(9-10-60(24,4)27(26)14-35(68)61(28,36)5)86-57-48(80)44(76)50(34(18-66)90-57)91-59-53(52(41(73)33(17-65)89-59)93-55-45(77)38(70)29(67)20-84-55)94-58-49(81)51(40(72)32(16-64)88-58)92-56-47(79)42(74)37(69)23(3)85-56/h6,21-23,25-34,36-59,63-67,69-82H,7-20H2,1-5H3/t21-,22+,23+,25+,26-,27+,28+,29-,30+,31-,32-,33-,34-,36+,37+,38+,39-,40-,41-,42-,43+,44-,45-,46-,47-,48-,49-,50+,51+,52+,53-,54-,55+,56+,57-,58+,59+,60+,61-,62?/m1/s1. The average molecular weight is 1370 g/mol. The highest BCUT2D eigenvalue weighted by Gasteiger charge is 2.71. The maximum absolute atomic E-state index is 14.9. The molecule has 33 heteroatoms. The summed E-state index contributed by atoms with van der Waals surface area (Å²) >= 11 is 0. The third-order valence-electron chi connectivity index (χ3n) is 23.2. The Labute approximate surface area is 547 Å². The van der Waals surface area contributed by atoms with Crippen LogP contribution < -0.4 is 0 Å². The molecular formula is C62H100O33. The quantitative estimate of drug-likeness (QED) is 0.0504. The van der Waals surface area contributed by atoms with Crippen LogP contribution in [0.2, 0.25) is 0 Å². The van der Waals surface area contributed by atoms with Gasteiger partial charge in [0.25, 0.3) is 0 Å².